The number of hydrogen-bond donors (Lipinski definition) is 1. The zero-order chi connectivity index (χ0) is 14.5. The van der Waals surface area contributed by atoms with E-state index >= 15 is 0 Å². The van der Waals surface area contributed by atoms with E-state index in [1.807, 2.05) is 26.0 Å². The van der Waals surface area contributed by atoms with Crippen LogP contribution in [0.1, 0.15) is 31.3 Å². The Bertz CT molecular complexity index is 459. The van der Waals surface area contributed by atoms with Crippen molar-refractivity contribution >= 4 is 11.6 Å². The maximum absolute atomic E-state index is 12.3. The predicted octanol–water partition coefficient (Wildman–Crippen LogP) is 1.36. The monoisotopic (exact) mass is 276 g/mol. The summed E-state index contributed by atoms with van der Waals surface area (Å²) in [6, 6.07) is 4.37. The average Bonchev–Trinajstić information content (AvgIpc) is 2.48. The summed E-state index contributed by atoms with van der Waals surface area (Å²) < 4.78 is 0. The molecule has 0 aliphatic carbocycles. The molecule has 1 aliphatic heterocycles. The van der Waals surface area contributed by atoms with E-state index < -0.39 is 0 Å². The van der Waals surface area contributed by atoms with Gasteiger partial charge in [-0.25, -0.2) is 0 Å². The zero-order valence-electron chi connectivity index (χ0n) is 12.6. The molecule has 20 heavy (non-hydrogen) atoms. The molecule has 110 valence electrons. The van der Waals surface area contributed by atoms with Gasteiger partial charge in [0.25, 0.3) is 5.91 Å². The molecule has 5 nitrogen and oxygen atoms in total. The number of amides is 1. The lowest BCUT2D eigenvalue weighted by molar-refractivity contribution is 0.0767. The Morgan fingerprint density at radius 3 is 2.90 bits per heavy atom. The molecule has 1 aromatic rings. The lowest BCUT2D eigenvalue weighted by atomic mass is 10.2. The minimum Gasteiger partial charge on any atom is -0.369 e. The summed E-state index contributed by atoms with van der Waals surface area (Å²) in [5.74, 6) is 0.0139. The molecule has 1 aromatic heterocycles. The molecule has 1 aliphatic rings. The number of carbonyl (C=O) groups excluding carboxylic acids is 1. The Labute approximate surface area is 121 Å². The second-order valence-corrected chi connectivity index (χ2v) is 5.18. The Morgan fingerprint density at radius 2 is 2.25 bits per heavy atom. The van der Waals surface area contributed by atoms with Crippen LogP contribution in [0.15, 0.2) is 18.3 Å². The largest absolute Gasteiger partial charge is 0.369 e. The van der Waals surface area contributed by atoms with Gasteiger partial charge in [-0.3, -0.25) is 9.78 Å². The molecule has 0 aromatic carbocycles. The predicted molar refractivity (Wildman–Crippen MR) is 81.2 cm³/mol. The Kier molecular flexibility index (Phi) is 4.95. The van der Waals surface area contributed by atoms with E-state index in [0.29, 0.717) is 24.8 Å². The van der Waals surface area contributed by atoms with Crippen molar-refractivity contribution in [3.05, 3.63) is 24.0 Å². The highest BCUT2D eigenvalue weighted by Crippen LogP contribution is 2.17. The molecule has 1 amide bonds. The molecule has 2 rings (SSSR count). The van der Waals surface area contributed by atoms with Gasteiger partial charge in [0.2, 0.25) is 0 Å². The van der Waals surface area contributed by atoms with Crippen LogP contribution in [0.4, 0.5) is 5.69 Å². The molecule has 0 bridgehead atoms. The van der Waals surface area contributed by atoms with Crippen LogP contribution < -0.4 is 10.2 Å². The minimum absolute atomic E-state index is 0.0139. The van der Waals surface area contributed by atoms with E-state index in [0.717, 1.165) is 25.3 Å². The summed E-state index contributed by atoms with van der Waals surface area (Å²) in [5.41, 5.74) is 1.63. The lowest BCUT2D eigenvalue weighted by Crippen LogP contribution is -2.49. The first-order valence-corrected chi connectivity index (χ1v) is 7.39. The molecule has 1 N–H and O–H groups in total. The fraction of sp³-hybridized carbons (Fsp3) is 0.600. The van der Waals surface area contributed by atoms with Crippen LogP contribution >= 0.6 is 0 Å². The molecule has 2 heterocycles. The number of anilines is 1. The Hall–Kier alpha value is -1.62. The highest BCUT2D eigenvalue weighted by molar-refractivity contribution is 5.93. The average molecular weight is 276 g/mol. The van der Waals surface area contributed by atoms with Crippen LogP contribution in [0.3, 0.4) is 0 Å². The van der Waals surface area contributed by atoms with Crippen LogP contribution in [0, 0.1) is 0 Å². The zero-order valence-corrected chi connectivity index (χ0v) is 12.6. The number of nitrogens with one attached hydrogen (secondary N) is 1. The summed E-state index contributed by atoms with van der Waals surface area (Å²) in [4.78, 5) is 20.7. The van der Waals surface area contributed by atoms with Gasteiger partial charge >= 0.3 is 0 Å². The van der Waals surface area contributed by atoms with Crippen molar-refractivity contribution in [3.63, 3.8) is 0 Å². The van der Waals surface area contributed by atoms with E-state index in [2.05, 4.69) is 22.1 Å². The smallest absolute Gasteiger partial charge is 0.272 e. The van der Waals surface area contributed by atoms with Crippen molar-refractivity contribution in [2.24, 2.45) is 0 Å². The van der Waals surface area contributed by atoms with Gasteiger partial charge in [0.15, 0.2) is 0 Å². The van der Waals surface area contributed by atoms with E-state index in [9.17, 15) is 4.79 Å². The number of rotatable bonds is 4. The fourth-order valence-electron chi connectivity index (χ4n) is 2.57. The van der Waals surface area contributed by atoms with Gasteiger partial charge in [-0.05, 0) is 32.9 Å². The molecule has 0 saturated carbocycles. The van der Waals surface area contributed by atoms with Crippen LogP contribution in [0.5, 0.6) is 0 Å². The van der Waals surface area contributed by atoms with Gasteiger partial charge in [0, 0.05) is 50.6 Å². The van der Waals surface area contributed by atoms with Gasteiger partial charge in [-0.2, -0.15) is 0 Å². The van der Waals surface area contributed by atoms with Crippen molar-refractivity contribution < 1.29 is 4.79 Å². The van der Waals surface area contributed by atoms with Crippen LogP contribution in [0.2, 0.25) is 0 Å². The highest BCUT2D eigenvalue weighted by atomic mass is 16.2. The third-order valence-corrected chi connectivity index (χ3v) is 3.75. The second kappa shape index (κ2) is 6.70. The van der Waals surface area contributed by atoms with E-state index in [1.165, 1.54) is 0 Å². The van der Waals surface area contributed by atoms with E-state index in [-0.39, 0.29) is 5.91 Å². The van der Waals surface area contributed by atoms with Gasteiger partial charge < -0.3 is 15.1 Å². The van der Waals surface area contributed by atoms with E-state index in [4.69, 9.17) is 0 Å². The molecule has 1 unspecified atom stereocenters. The summed E-state index contributed by atoms with van der Waals surface area (Å²) >= 11 is 0. The summed E-state index contributed by atoms with van der Waals surface area (Å²) in [5, 5.41) is 3.42. The third kappa shape index (κ3) is 3.28. The van der Waals surface area contributed by atoms with E-state index in [1.54, 1.807) is 11.1 Å². The van der Waals surface area contributed by atoms with Gasteiger partial charge in [0.1, 0.15) is 5.69 Å². The van der Waals surface area contributed by atoms with Crippen molar-refractivity contribution in [2.75, 3.05) is 37.6 Å². The quantitative estimate of drug-likeness (QED) is 0.902. The number of carbonyl (C=O) groups is 1. The highest BCUT2D eigenvalue weighted by Gasteiger charge is 2.19. The standard InChI is InChI=1S/C15H24N4O/c1-4-18(5-2)15(20)14-10-13(6-7-17-14)19-9-8-16-12(3)11-19/h6-7,10,12,16H,4-5,8-9,11H2,1-3H3. The van der Waals surface area contributed by atoms with Crippen LogP contribution in [-0.4, -0.2) is 54.6 Å². The maximum atomic E-state index is 12.3. The van der Waals surface area contributed by atoms with Crippen LogP contribution in [-0.2, 0) is 0 Å². The van der Waals surface area contributed by atoms with Gasteiger partial charge in [0.05, 0.1) is 0 Å². The van der Waals surface area contributed by atoms with Crippen molar-refractivity contribution in [1.29, 1.82) is 0 Å². The molecule has 5 heteroatoms. The molecule has 0 radical (unpaired) electrons. The molecule has 1 atom stereocenters. The first kappa shape index (κ1) is 14.8. The number of aromatic nitrogens is 1. The number of piperazine rings is 1. The number of pyridine rings is 1. The molecule has 0 spiro atoms. The van der Waals surface area contributed by atoms with Crippen molar-refractivity contribution in [2.45, 2.75) is 26.8 Å². The Morgan fingerprint density at radius 1 is 1.50 bits per heavy atom. The molecule has 1 fully saturated rings. The Balaban J connectivity index is 2.17. The number of nitrogens with zero attached hydrogens (tertiary/aromatic N) is 3. The molecule has 1 saturated heterocycles. The SMILES string of the molecule is CCN(CC)C(=O)c1cc(N2CCNC(C)C2)ccn1. The second-order valence-electron chi connectivity index (χ2n) is 5.18. The normalized spacial score (nSPS) is 18.9. The number of hydrogen-bond acceptors (Lipinski definition) is 4. The van der Waals surface area contributed by atoms with Crippen molar-refractivity contribution in [3.8, 4) is 0 Å². The molecular formula is C15H24N4O. The van der Waals surface area contributed by atoms with Crippen LogP contribution in [0.25, 0.3) is 0 Å². The third-order valence-electron chi connectivity index (χ3n) is 3.75. The van der Waals surface area contributed by atoms with Gasteiger partial charge in [-0.15, -0.1) is 0 Å². The lowest BCUT2D eigenvalue weighted by Gasteiger charge is -2.33. The summed E-state index contributed by atoms with van der Waals surface area (Å²) in [6.45, 7) is 10.5. The first-order chi connectivity index (χ1) is 9.65. The summed E-state index contributed by atoms with van der Waals surface area (Å²) in [7, 11) is 0. The molecular weight excluding hydrogens is 252 g/mol. The van der Waals surface area contributed by atoms with Crippen molar-refractivity contribution in [1.82, 2.24) is 15.2 Å². The maximum Gasteiger partial charge on any atom is 0.272 e. The van der Waals surface area contributed by atoms with Gasteiger partial charge in [-0.1, -0.05) is 0 Å². The minimum atomic E-state index is 0.0139. The summed E-state index contributed by atoms with van der Waals surface area (Å²) in [6.07, 6.45) is 1.73. The topological polar surface area (TPSA) is 48.5 Å². The fourth-order valence-corrected chi connectivity index (χ4v) is 2.57. The first-order valence-electron chi connectivity index (χ1n) is 7.39.